The molecule has 0 spiro atoms. The molecular formula is C18H22Cl2N4O2S. The Morgan fingerprint density at radius 3 is 2.11 bits per heavy atom. The molecule has 9 heteroatoms. The predicted molar refractivity (Wildman–Crippen MR) is 110 cm³/mol. The first-order valence-corrected chi connectivity index (χ1v) is 10.8. The quantitative estimate of drug-likeness (QED) is 0.742. The largest absolute Gasteiger partial charge is 0.367 e. The second kappa shape index (κ2) is 7.45. The standard InChI is InChI=1S/C18H22Cl2N4O2S/c1-18(2,3)27(25,26)16-5-4-14(12-21-16)23-6-8-24(9-7-23)17-15(20)10-13(19)11-22-17/h4-5,10-12H,6-9H2,1-3H3. The number of anilines is 2. The molecule has 1 fully saturated rings. The Labute approximate surface area is 170 Å². The molecule has 0 radical (unpaired) electrons. The molecule has 3 heterocycles. The summed E-state index contributed by atoms with van der Waals surface area (Å²) in [7, 11) is -3.45. The van der Waals surface area contributed by atoms with E-state index in [0.29, 0.717) is 10.0 Å². The van der Waals surface area contributed by atoms with Gasteiger partial charge in [-0.05, 0) is 39.0 Å². The third kappa shape index (κ3) is 4.15. The molecule has 146 valence electrons. The van der Waals surface area contributed by atoms with Gasteiger partial charge in [0.15, 0.2) is 14.9 Å². The van der Waals surface area contributed by atoms with E-state index in [1.165, 1.54) is 0 Å². The van der Waals surface area contributed by atoms with Gasteiger partial charge in [-0.15, -0.1) is 0 Å². The lowest BCUT2D eigenvalue weighted by Crippen LogP contribution is -2.47. The molecule has 1 saturated heterocycles. The second-order valence-corrected chi connectivity index (χ2v) is 10.9. The van der Waals surface area contributed by atoms with E-state index in [2.05, 4.69) is 19.8 Å². The van der Waals surface area contributed by atoms with E-state index in [0.717, 1.165) is 37.7 Å². The Hall–Kier alpha value is -1.57. The maximum atomic E-state index is 12.5. The Morgan fingerprint density at radius 2 is 1.59 bits per heavy atom. The third-order valence-electron chi connectivity index (χ3n) is 4.53. The molecule has 27 heavy (non-hydrogen) atoms. The summed E-state index contributed by atoms with van der Waals surface area (Å²) < 4.78 is 24.1. The van der Waals surface area contributed by atoms with Gasteiger partial charge < -0.3 is 9.80 Å². The molecule has 0 saturated carbocycles. The number of hydrogen-bond donors (Lipinski definition) is 0. The number of aromatic nitrogens is 2. The summed E-state index contributed by atoms with van der Waals surface area (Å²) in [5.74, 6) is 0.727. The molecule has 0 aromatic carbocycles. The summed E-state index contributed by atoms with van der Waals surface area (Å²) in [5, 5.41) is 1.16. The summed E-state index contributed by atoms with van der Waals surface area (Å²) >= 11 is 12.2. The highest BCUT2D eigenvalue weighted by molar-refractivity contribution is 7.92. The molecule has 0 N–H and O–H groups in total. The number of rotatable bonds is 3. The Morgan fingerprint density at radius 1 is 0.963 bits per heavy atom. The van der Waals surface area contributed by atoms with Gasteiger partial charge in [0.25, 0.3) is 0 Å². The zero-order valence-electron chi connectivity index (χ0n) is 15.5. The Kier molecular flexibility index (Phi) is 5.57. The van der Waals surface area contributed by atoms with Gasteiger partial charge >= 0.3 is 0 Å². The molecule has 0 atom stereocenters. The average molecular weight is 429 g/mol. The van der Waals surface area contributed by atoms with Gasteiger partial charge in [0.05, 0.1) is 26.7 Å². The first-order chi connectivity index (χ1) is 12.6. The second-order valence-electron chi connectivity index (χ2n) is 7.40. The monoisotopic (exact) mass is 428 g/mol. The van der Waals surface area contributed by atoms with Crippen LogP contribution >= 0.6 is 23.2 Å². The van der Waals surface area contributed by atoms with E-state index in [-0.39, 0.29) is 5.03 Å². The molecule has 0 aliphatic carbocycles. The summed E-state index contributed by atoms with van der Waals surface area (Å²) in [6.07, 6.45) is 3.22. The van der Waals surface area contributed by atoms with Gasteiger partial charge in [-0.1, -0.05) is 23.2 Å². The molecule has 2 aromatic heterocycles. The molecule has 0 unspecified atom stereocenters. The molecule has 1 aliphatic heterocycles. The van der Waals surface area contributed by atoms with E-state index in [1.54, 1.807) is 45.3 Å². The van der Waals surface area contributed by atoms with Crippen LogP contribution in [0.2, 0.25) is 10.0 Å². The van der Waals surface area contributed by atoms with E-state index in [1.807, 2.05) is 6.07 Å². The number of sulfone groups is 1. The van der Waals surface area contributed by atoms with Gasteiger partial charge in [-0.25, -0.2) is 18.4 Å². The maximum Gasteiger partial charge on any atom is 0.200 e. The fourth-order valence-corrected chi connectivity index (χ4v) is 4.41. The fourth-order valence-electron chi connectivity index (χ4n) is 2.85. The van der Waals surface area contributed by atoms with Crippen molar-refractivity contribution in [3.8, 4) is 0 Å². The highest BCUT2D eigenvalue weighted by Crippen LogP contribution is 2.28. The minimum absolute atomic E-state index is 0.106. The number of piperazine rings is 1. The maximum absolute atomic E-state index is 12.5. The van der Waals surface area contributed by atoms with E-state index in [9.17, 15) is 8.42 Å². The average Bonchev–Trinajstić information content (AvgIpc) is 2.61. The van der Waals surface area contributed by atoms with Gasteiger partial charge in [-0.2, -0.15) is 0 Å². The highest BCUT2D eigenvalue weighted by atomic mass is 35.5. The SMILES string of the molecule is CC(C)(C)S(=O)(=O)c1ccc(N2CCN(c3ncc(Cl)cc3Cl)CC2)cn1. The summed E-state index contributed by atoms with van der Waals surface area (Å²) in [4.78, 5) is 12.8. The topological polar surface area (TPSA) is 66.4 Å². The minimum atomic E-state index is -3.45. The predicted octanol–water partition coefficient (Wildman–Crippen LogP) is 3.68. The number of halogens is 2. The number of hydrogen-bond acceptors (Lipinski definition) is 6. The van der Waals surface area contributed by atoms with Crippen LogP contribution in [-0.4, -0.2) is 49.3 Å². The number of nitrogens with zero attached hydrogens (tertiary/aromatic N) is 4. The number of pyridine rings is 2. The minimum Gasteiger partial charge on any atom is -0.367 e. The van der Waals surface area contributed by atoms with Crippen molar-refractivity contribution in [2.75, 3.05) is 36.0 Å². The van der Waals surface area contributed by atoms with Crippen LogP contribution in [0.4, 0.5) is 11.5 Å². The van der Waals surface area contributed by atoms with Crippen LogP contribution in [-0.2, 0) is 9.84 Å². The van der Waals surface area contributed by atoms with Gasteiger partial charge in [0.1, 0.15) is 5.82 Å². The van der Waals surface area contributed by atoms with Crippen molar-refractivity contribution >= 4 is 44.5 Å². The zero-order chi connectivity index (χ0) is 19.8. The molecular weight excluding hydrogens is 407 g/mol. The van der Waals surface area contributed by atoms with Crippen LogP contribution in [0.25, 0.3) is 0 Å². The van der Waals surface area contributed by atoms with Crippen LogP contribution in [0.1, 0.15) is 20.8 Å². The first kappa shape index (κ1) is 20.2. The van der Waals surface area contributed by atoms with Gasteiger partial charge in [-0.3, -0.25) is 0 Å². The molecule has 1 aliphatic rings. The van der Waals surface area contributed by atoms with Crippen molar-refractivity contribution < 1.29 is 8.42 Å². The first-order valence-electron chi connectivity index (χ1n) is 8.61. The molecule has 0 bridgehead atoms. The van der Waals surface area contributed by atoms with Crippen LogP contribution in [0.15, 0.2) is 35.6 Å². The third-order valence-corrected chi connectivity index (χ3v) is 7.42. The summed E-state index contributed by atoms with van der Waals surface area (Å²) in [6, 6.07) is 5.09. The van der Waals surface area contributed by atoms with Crippen molar-refractivity contribution in [3.63, 3.8) is 0 Å². The Balaban J connectivity index is 1.70. The highest BCUT2D eigenvalue weighted by Gasteiger charge is 2.32. The molecule has 6 nitrogen and oxygen atoms in total. The van der Waals surface area contributed by atoms with E-state index >= 15 is 0 Å². The van der Waals surface area contributed by atoms with Crippen molar-refractivity contribution in [2.45, 2.75) is 30.5 Å². The van der Waals surface area contributed by atoms with Crippen LogP contribution in [0.5, 0.6) is 0 Å². The fraction of sp³-hybridized carbons (Fsp3) is 0.444. The van der Waals surface area contributed by atoms with Crippen molar-refractivity contribution in [1.29, 1.82) is 0 Å². The van der Waals surface area contributed by atoms with Crippen molar-refractivity contribution in [1.82, 2.24) is 9.97 Å². The van der Waals surface area contributed by atoms with Gasteiger partial charge in [0.2, 0.25) is 0 Å². The van der Waals surface area contributed by atoms with Crippen LogP contribution in [0, 0.1) is 0 Å². The smallest absolute Gasteiger partial charge is 0.200 e. The summed E-state index contributed by atoms with van der Waals surface area (Å²) in [6.45, 7) is 8.03. The van der Waals surface area contributed by atoms with Crippen LogP contribution in [0.3, 0.4) is 0 Å². The molecule has 3 rings (SSSR count). The molecule has 0 amide bonds. The summed E-state index contributed by atoms with van der Waals surface area (Å²) in [5.41, 5.74) is 0.901. The van der Waals surface area contributed by atoms with E-state index in [4.69, 9.17) is 23.2 Å². The Bertz CT molecular complexity index is 919. The van der Waals surface area contributed by atoms with Gasteiger partial charge in [0, 0.05) is 32.4 Å². The lowest BCUT2D eigenvalue weighted by atomic mass is 10.2. The molecule has 2 aromatic rings. The lowest BCUT2D eigenvalue weighted by molar-refractivity contribution is 0.556. The normalized spacial score (nSPS) is 15.9. The van der Waals surface area contributed by atoms with E-state index < -0.39 is 14.6 Å². The van der Waals surface area contributed by atoms with Crippen molar-refractivity contribution in [3.05, 3.63) is 40.6 Å². The lowest BCUT2D eigenvalue weighted by Gasteiger charge is -2.36. The van der Waals surface area contributed by atoms with Crippen molar-refractivity contribution in [2.24, 2.45) is 0 Å². The zero-order valence-corrected chi connectivity index (χ0v) is 17.8. The van der Waals surface area contributed by atoms with Crippen LogP contribution < -0.4 is 9.80 Å².